The molecule has 0 unspecified atom stereocenters. The highest BCUT2D eigenvalue weighted by Gasteiger charge is 2.02. The predicted octanol–water partition coefficient (Wildman–Crippen LogP) is 4.64. The second-order valence-corrected chi connectivity index (χ2v) is 5.19. The molecule has 90 valence electrons. The summed E-state index contributed by atoms with van der Waals surface area (Å²) in [6, 6.07) is 13.8. The van der Waals surface area contributed by atoms with Crippen LogP contribution in [-0.2, 0) is 5.75 Å². The number of benzene rings is 2. The van der Waals surface area contributed by atoms with E-state index < -0.39 is 0 Å². The molecule has 2 rings (SSSR count). The van der Waals surface area contributed by atoms with Crippen LogP contribution in [0, 0.1) is 17.1 Å². The van der Waals surface area contributed by atoms with Crippen LogP contribution in [0.4, 0.5) is 4.39 Å². The number of rotatable bonds is 3. The second-order valence-electron chi connectivity index (χ2n) is 3.70. The summed E-state index contributed by atoms with van der Waals surface area (Å²) >= 11 is 7.37. The highest BCUT2D eigenvalue weighted by molar-refractivity contribution is 7.98. The maximum Gasteiger partial charge on any atom is 0.124 e. The van der Waals surface area contributed by atoms with Gasteiger partial charge in [0, 0.05) is 15.7 Å². The Morgan fingerprint density at radius 3 is 2.56 bits per heavy atom. The molecule has 0 aliphatic rings. The van der Waals surface area contributed by atoms with Crippen molar-refractivity contribution in [2.45, 2.75) is 10.6 Å². The van der Waals surface area contributed by atoms with Crippen molar-refractivity contribution >= 4 is 23.4 Å². The molecule has 0 heterocycles. The molecule has 0 radical (unpaired) electrons. The Morgan fingerprint density at radius 2 is 1.89 bits per heavy atom. The molecule has 0 aliphatic heterocycles. The Hall–Kier alpha value is -1.50. The van der Waals surface area contributed by atoms with Gasteiger partial charge in [0.05, 0.1) is 11.6 Å². The van der Waals surface area contributed by atoms with Crippen LogP contribution in [-0.4, -0.2) is 0 Å². The minimum absolute atomic E-state index is 0.349. The van der Waals surface area contributed by atoms with E-state index in [2.05, 4.69) is 0 Å². The average molecular weight is 278 g/mol. The van der Waals surface area contributed by atoms with Gasteiger partial charge in [-0.05, 0) is 48.0 Å². The van der Waals surface area contributed by atoms with Gasteiger partial charge >= 0.3 is 0 Å². The number of hydrogen-bond acceptors (Lipinski definition) is 2. The summed E-state index contributed by atoms with van der Waals surface area (Å²) in [6.07, 6.45) is 0. The largest absolute Gasteiger partial charge is 0.207 e. The molecule has 0 atom stereocenters. The smallest absolute Gasteiger partial charge is 0.124 e. The van der Waals surface area contributed by atoms with Crippen LogP contribution in [0.3, 0.4) is 0 Å². The summed E-state index contributed by atoms with van der Waals surface area (Å²) in [5, 5.41) is 9.46. The van der Waals surface area contributed by atoms with Crippen molar-refractivity contribution in [1.29, 1.82) is 5.26 Å². The summed E-state index contributed by atoms with van der Waals surface area (Å²) in [5.41, 5.74) is 1.15. The molecular weight excluding hydrogens is 269 g/mol. The van der Waals surface area contributed by atoms with Gasteiger partial charge in [-0.2, -0.15) is 5.26 Å². The minimum atomic E-state index is -0.374. The van der Waals surface area contributed by atoms with Gasteiger partial charge in [0.25, 0.3) is 0 Å². The predicted molar refractivity (Wildman–Crippen MR) is 72.1 cm³/mol. The third-order valence-corrected chi connectivity index (χ3v) is 3.64. The molecule has 0 aliphatic carbocycles. The van der Waals surface area contributed by atoms with E-state index in [0.29, 0.717) is 16.3 Å². The Balaban J connectivity index is 2.08. The molecule has 4 heteroatoms. The first-order chi connectivity index (χ1) is 8.67. The fraction of sp³-hybridized carbons (Fsp3) is 0.0714. The van der Waals surface area contributed by atoms with E-state index in [0.717, 1.165) is 10.5 Å². The molecule has 0 spiro atoms. The van der Waals surface area contributed by atoms with Gasteiger partial charge in [-0.1, -0.05) is 11.6 Å². The molecule has 0 bridgehead atoms. The topological polar surface area (TPSA) is 23.8 Å². The van der Waals surface area contributed by atoms with E-state index in [-0.39, 0.29) is 5.82 Å². The van der Waals surface area contributed by atoms with Crippen LogP contribution in [0.25, 0.3) is 0 Å². The Kier molecular flexibility index (Phi) is 4.24. The van der Waals surface area contributed by atoms with Crippen molar-refractivity contribution in [2.75, 3.05) is 0 Å². The van der Waals surface area contributed by atoms with E-state index in [9.17, 15) is 4.39 Å². The first-order valence-electron chi connectivity index (χ1n) is 5.25. The zero-order valence-corrected chi connectivity index (χ0v) is 10.9. The number of nitrogens with zero attached hydrogens (tertiary/aromatic N) is 1. The minimum Gasteiger partial charge on any atom is -0.207 e. The molecule has 0 saturated carbocycles. The monoisotopic (exact) mass is 277 g/mol. The molecule has 0 N–H and O–H groups in total. The van der Waals surface area contributed by atoms with Crippen LogP contribution in [0.15, 0.2) is 47.4 Å². The fourth-order valence-corrected chi connectivity index (χ4v) is 2.45. The van der Waals surface area contributed by atoms with E-state index >= 15 is 0 Å². The number of hydrogen-bond donors (Lipinski definition) is 0. The van der Waals surface area contributed by atoms with Crippen LogP contribution >= 0.6 is 23.4 Å². The van der Waals surface area contributed by atoms with Gasteiger partial charge in [-0.25, -0.2) is 4.39 Å². The molecule has 0 amide bonds. The number of nitriles is 1. The summed E-state index contributed by atoms with van der Waals surface area (Å²) in [4.78, 5) is 1.06. The van der Waals surface area contributed by atoms with Crippen molar-refractivity contribution in [3.05, 3.63) is 64.4 Å². The normalized spacial score (nSPS) is 10.1. The molecule has 18 heavy (non-hydrogen) atoms. The lowest BCUT2D eigenvalue weighted by atomic mass is 10.1. The van der Waals surface area contributed by atoms with Crippen molar-refractivity contribution in [3.8, 4) is 6.07 Å². The summed E-state index contributed by atoms with van der Waals surface area (Å²) in [5.74, 6) is 0.245. The second kappa shape index (κ2) is 5.90. The Bertz CT molecular complexity index is 590. The first kappa shape index (κ1) is 12.9. The van der Waals surface area contributed by atoms with Crippen molar-refractivity contribution in [2.24, 2.45) is 0 Å². The van der Waals surface area contributed by atoms with Gasteiger partial charge in [0.2, 0.25) is 0 Å². The molecule has 2 aromatic rings. The van der Waals surface area contributed by atoms with Gasteiger partial charge in [-0.3, -0.25) is 0 Å². The fourth-order valence-electron chi connectivity index (χ4n) is 1.50. The lowest BCUT2D eigenvalue weighted by molar-refractivity contribution is 0.626. The van der Waals surface area contributed by atoms with Crippen LogP contribution in [0.2, 0.25) is 5.02 Å². The summed E-state index contributed by atoms with van der Waals surface area (Å²) in [6.45, 7) is 0. The van der Waals surface area contributed by atoms with Crippen LogP contribution in [0.5, 0.6) is 0 Å². The Morgan fingerprint density at radius 1 is 1.17 bits per heavy atom. The zero-order chi connectivity index (χ0) is 13.0. The Labute approximate surface area is 114 Å². The highest BCUT2D eigenvalue weighted by atomic mass is 35.5. The summed E-state index contributed by atoms with van der Waals surface area (Å²) < 4.78 is 13.2. The van der Waals surface area contributed by atoms with E-state index in [1.54, 1.807) is 17.8 Å². The number of thioether (sulfide) groups is 1. The van der Waals surface area contributed by atoms with Crippen LogP contribution < -0.4 is 0 Å². The van der Waals surface area contributed by atoms with Gasteiger partial charge in [0.1, 0.15) is 5.82 Å². The standard InChI is InChI=1S/C14H9ClFNS/c15-12-1-3-14(4-2-12)18-9-11-5-10(8-17)6-13(16)7-11/h1-7H,9H2. The zero-order valence-electron chi connectivity index (χ0n) is 9.36. The quantitative estimate of drug-likeness (QED) is 0.763. The van der Waals surface area contributed by atoms with Gasteiger partial charge in [0.15, 0.2) is 0 Å². The highest BCUT2D eigenvalue weighted by Crippen LogP contribution is 2.24. The molecule has 0 aromatic heterocycles. The number of halogens is 2. The maximum atomic E-state index is 13.2. The lowest BCUT2D eigenvalue weighted by Gasteiger charge is -2.03. The van der Waals surface area contributed by atoms with Gasteiger partial charge in [-0.15, -0.1) is 11.8 Å². The van der Waals surface area contributed by atoms with Crippen molar-refractivity contribution in [3.63, 3.8) is 0 Å². The van der Waals surface area contributed by atoms with Gasteiger partial charge < -0.3 is 0 Å². The van der Waals surface area contributed by atoms with Crippen molar-refractivity contribution in [1.82, 2.24) is 0 Å². The molecule has 2 aromatic carbocycles. The van der Waals surface area contributed by atoms with E-state index in [1.165, 1.54) is 12.1 Å². The van der Waals surface area contributed by atoms with Crippen LogP contribution in [0.1, 0.15) is 11.1 Å². The van der Waals surface area contributed by atoms with E-state index in [1.807, 2.05) is 30.3 Å². The third kappa shape index (κ3) is 3.49. The molecule has 0 fully saturated rings. The average Bonchev–Trinajstić information content (AvgIpc) is 2.37. The van der Waals surface area contributed by atoms with Crippen molar-refractivity contribution < 1.29 is 4.39 Å². The lowest BCUT2D eigenvalue weighted by Crippen LogP contribution is -1.86. The molecule has 1 nitrogen and oxygen atoms in total. The first-order valence-corrected chi connectivity index (χ1v) is 6.61. The molecule has 0 saturated heterocycles. The van der Waals surface area contributed by atoms with E-state index in [4.69, 9.17) is 16.9 Å². The summed E-state index contributed by atoms with van der Waals surface area (Å²) in [7, 11) is 0. The third-order valence-electron chi connectivity index (χ3n) is 2.31. The SMILES string of the molecule is N#Cc1cc(F)cc(CSc2ccc(Cl)cc2)c1. The molecular formula is C14H9ClFNS. The maximum absolute atomic E-state index is 13.2.